The molecule has 1 atom stereocenters. The summed E-state index contributed by atoms with van der Waals surface area (Å²) in [6.07, 6.45) is 2.44. The predicted octanol–water partition coefficient (Wildman–Crippen LogP) is 2.72. The number of carbonyl (C=O) groups is 1. The zero-order chi connectivity index (χ0) is 14.4. The summed E-state index contributed by atoms with van der Waals surface area (Å²) >= 11 is 5.81. The summed E-state index contributed by atoms with van der Waals surface area (Å²) in [5.41, 5.74) is 0.822. The molecule has 0 radical (unpaired) electrons. The summed E-state index contributed by atoms with van der Waals surface area (Å²) in [4.78, 5) is 11.9. The van der Waals surface area contributed by atoms with Crippen LogP contribution in [0.25, 0.3) is 0 Å². The van der Waals surface area contributed by atoms with Gasteiger partial charge < -0.3 is 14.8 Å². The van der Waals surface area contributed by atoms with Crippen molar-refractivity contribution in [3.63, 3.8) is 0 Å². The second-order valence-corrected chi connectivity index (χ2v) is 4.87. The van der Waals surface area contributed by atoms with Crippen LogP contribution in [0.2, 0.25) is 5.02 Å². The van der Waals surface area contributed by atoms with Crippen LogP contribution < -0.4 is 5.32 Å². The Kier molecular flexibility index (Phi) is 5.21. The van der Waals surface area contributed by atoms with Crippen molar-refractivity contribution in [2.24, 2.45) is 0 Å². The average Bonchev–Trinajstić information content (AvgIpc) is 2.97. The first-order valence-corrected chi connectivity index (χ1v) is 6.75. The Morgan fingerprint density at radius 3 is 2.65 bits per heavy atom. The Morgan fingerprint density at radius 1 is 1.30 bits per heavy atom. The molecule has 0 bridgehead atoms. The molecule has 1 heterocycles. The van der Waals surface area contributed by atoms with Gasteiger partial charge in [-0.25, -0.2) is 0 Å². The van der Waals surface area contributed by atoms with Crippen molar-refractivity contribution >= 4 is 17.5 Å². The number of rotatable bonds is 6. The number of nitrogens with one attached hydrogen (secondary N) is 1. The van der Waals surface area contributed by atoms with Gasteiger partial charge in [-0.15, -0.1) is 0 Å². The van der Waals surface area contributed by atoms with Crippen LogP contribution in [0.15, 0.2) is 47.1 Å². The number of halogens is 1. The fourth-order valence-corrected chi connectivity index (χ4v) is 2.01. The minimum absolute atomic E-state index is 0.129. The van der Waals surface area contributed by atoms with E-state index < -0.39 is 6.04 Å². The second kappa shape index (κ2) is 7.12. The number of aliphatic hydroxyl groups is 1. The minimum Gasteiger partial charge on any atom is -0.469 e. The van der Waals surface area contributed by atoms with Crippen LogP contribution in [0.1, 0.15) is 23.8 Å². The first-order valence-electron chi connectivity index (χ1n) is 6.37. The monoisotopic (exact) mass is 293 g/mol. The number of aliphatic hydroxyl groups excluding tert-OH is 1. The van der Waals surface area contributed by atoms with E-state index in [0.29, 0.717) is 17.9 Å². The molecule has 1 aromatic heterocycles. The molecule has 1 amide bonds. The van der Waals surface area contributed by atoms with Gasteiger partial charge in [-0.1, -0.05) is 23.7 Å². The number of furan rings is 1. The van der Waals surface area contributed by atoms with E-state index in [1.165, 1.54) is 0 Å². The molecule has 0 saturated carbocycles. The van der Waals surface area contributed by atoms with Crippen molar-refractivity contribution in [1.29, 1.82) is 0 Å². The number of amides is 1. The van der Waals surface area contributed by atoms with Gasteiger partial charge >= 0.3 is 0 Å². The largest absolute Gasteiger partial charge is 0.469 e. The maximum atomic E-state index is 11.9. The van der Waals surface area contributed by atoms with E-state index in [1.807, 2.05) is 6.07 Å². The summed E-state index contributed by atoms with van der Waals surface area (Å²) in [7, 11) is 0. The second-order valence-electron chi connectivity index (χ2n) is 4.43. The predicted molar refractivity (Wildman–Crippen MR) is 76.5 cm³/mol. The van der Waals surface area contributed by atoms with Crippen LogP contribution in [0.5, 0.6) is 0 Å². The normalized spacial score (nSPS) is 12.1. The zero-order valence-electron chi connectivity index (χ0n) is 10.9. The van der Waals surface area contributed by atoms with Gasteiger partial charge in [0.2, 0.25) is 5.91 Å². The van der Waals surface area contributed by atoms with Gasteiger partial charge in [0.15, 0.2) is 0 Å². The highest BCUT2D eigenvalue weighted by atomic mass is 35.5. The van der Waals surface area contributed by atoms with Crippen LogP contribution in [-0.2, 0) is 11.2 Å². The van der Waals surface area contributed by atoms with E-state index in [1.54, 1.807) is 36.6 Å². The summed E-state index contributed by atoms with van der Waals surface area (Å²) in [6.45, 7) is -0.159. The first-order chi connectivity index (χ1) is 9.69. The maximum absolute atomic E-state index is 11.9. The molecule has 0 aliphatic heterocycles. The van der Waals surface area contributed by atoms with Gasteiger partial charge in [-0.3, -0.25) is 4.79 Å². The van der Waals surface area contributed by atoms with Gasteiger partial charge in [0.05, 0.1) is 18.9 Å². The lowest BCUT2D eigenvalue weighted by Crippen LogP contribution is -2.30. The van der Waals surface area contributed by atoms with E-state index in [9.17, 15) is 9.90 Å². The van der Waals surface area contributed by atoms with E-state index >= 15 is 0 Å². The van der Waals surface area contributed by atoms with Gasteiger partial charge in [-0.05, 0) is 29.8 Å². The molecule has 4 nitrogen and oxygen atoms in total. The van der Waals surface area contributed by atoms with E-state index in [0.717, 1.165) is 11.3 Å². The quantitative estimate of drug-likeness (QED) is 0.861. The summed E-state index contributed by atoms with van der Waals surface area (Å²) in [6, 6.07) is 10.2. The van der Waals surface area contributed by atoms with Crippen molar-refractivity contribution in [3.8, 4) is 0 Å². The first kappa shape index (κ1) is 14.6. The third-order valence-corrected chi connectivity index (χ3v) is 3.22. The van der Waals surface area contributed by atoms with Crippen LogP contribution >= 0.6 is 11.6 Å². The fourth-order valence-electron chi connectivity index (χ4n) is 1.89. The molecule has 0 saturated heterocycles. The summed E-state index contributed by atoms with van der Waals surface area (Å²) < 4.78 is 5.17. The van der Waals surface area contributed by atoms with Gasteiger partial charge in [0.25, 0.3) is 0 Å². The standard InChI is InChI=1S/C15H16ClNO3/c16-12-5-3-11(4-6-12)14(10-18)17-15(19)8-7-13-2-1-9-20-13/h1-6,9,14,18H,7-8,10H2,(H,17,19). The van der Waals surface area contributed by atoms with Gasteiger partial charge in [0.1, 0.15) is 5.76 Å². The minimum atomic E-state index is -0.420. The van der Waals surface area contributed by atoms with Crippen molar-refractivity contribution in [2.45, 2.75) is 18.9 Å². The Hall–Kier alpha value is -1.78. The summed E-state index contributed by atoms with van der Waals surface area (Å²) in [5, 5.41) is 12.8. The van der Waals surface area contributed by atoms with Crippen LogP contribution in [-0.4, -0.2) is 17.6 Å². The molecule has 20 heavy (non-hydrogen) atoms. The van der Waals surface area contributed by atoms with E-state index in [-0.39, 0.29) is 12.5 Å². The SMILES string of the molecule is O=C(CCc1ccco1)NC(CO)c1ccc(Cl)cc1. The van der Waals surface area contributed by atoms with Crippen molar-refractivity contribution in [3.05, 3.63) is 59.0 Å². The number of hydrogen-bond donors (Lipinski definition) is 2. The molecule has 2 aromatic rings. The Bertz CT molecular complexity index is 537. The van der Waals surface area contributed by atoms with Crippen molar-refractivity contribution in [1.82, 2.24) is 5.32 Å². The molecule has 1 unspecified atom stereocenters. The van der Waals surface area contributed by atoms with E-state index in [2.05, 4.69) is 5.32 Å². The number of aryl methyl sites for hydroxylation is 1. The smallest absolute Gasteiger partial charge is 0.221 e. The topological polar surface area (TPSA) is 62.5 Å². The summed E-state index contributed by atoms with van der Waals surface area (Å²) in [5.74, 6) is 0.641. The third kappa shape index (κ3) is 4.11. The molecule has 0 fully saturated rings. The lowest BCUT2D eigenvalue weighted by Gasteiger charge is -2.16. The highest BCUT2D eigenvalue weighted by Gasteiger charge is 2.13. The lowest BCUT2D eigenvalue weighted by molar-refractivity contribution is -0.122. The molecule has 0 aliphatic carbocycles. The fraction of sp³-hybridized carbons (Fsp3) is 0.267. The highest BCUT2D eigenvalue weighted by molar-refractivity contribution is 6.30. The molecule has 106 valence electrons. The maximum Gasteiger partial charge on any atom is 0.221 e. The molecule has 2 N–H and O–H groups in total. The number of benzene rings is 1. The Labute approximate surface area is 122 Å². The molecule has 1 aromatic carbocycles. The number of hydrogen-bond acceptors (Lipinski definition) is 3. The molecule has 0 aliphatic rings. The van der Waals surface area contributed by atoms with Crippen molar-refractivity contribution < 1.29 is 14.3 Å². The molecular weight excluding hydrogens is 278 g/mol. The third-order valence-electron chi connectivity index (χ3n) is 2.97. The zero-order valence-corrected chi connectivity index (χ0v) is 11.6. The Balaban J connectivity index is 1.89. The van der Waals surface area contributed by atoms with E-state index in [4.69, 9.17) is 16.0 Å². The molecule has 5 heteroatoms. The van der Waals surface area contributed by atoms with Crippen LogP contribution in [0.4, 0.5) is 0 Å². The van der Waals surface area contributed by atoms with Gasteiger partial charge in [-0.2, -0.15) is 0 Å². The average molecular weight is 294 g/mol. The number of carbonyl (C=O) groups excluding carboxylic acids is 1. The molecule has 0 spiro atoms. The Morgan fingerprint density at radius 2 is 2.05 bits per heavy atom. The van der Waals surface area contributed by atoms with Gasteiger partial charge in [0, 0.05) is 17.9 Å². The van der Waals surface area contributed by atoms with Crippen LogP contribution in [0.3, 0.4) is 0 Å². The highest BCUT2D eigenvalue weighted by Crippen LogP contribution is 2.16. The molecule has 2 rings (SSSR count). The van der Waals surface area contributed by atoms with Crippen LogP contribution in [0, 0.1) is 0 Å². The van der Waals surface area contributed by atoms with Crippen molar-refractivity contribution in [2.75, 3.05) is 6.61 Å². The molecular formula is C15H16ClNO3. The lowest BCUT2D eigenvalue weighted by atomic mass is 10.1.